The topological polar surface area (TPSA) is 35.9 Å². The largest absolute Gasteiger partial charge is 0.492 e. The lowest BCUT2D eigenvalue weighted by Gasteiger charge is -2.32. The van der Waals surface area contributed by atoms with Crippen molar-refractivity contribution in [1.82, 2.24) is 9.80 Å². The van der Waals surface area contributed by atoms with E-state index in [0.29, 0.717) is 0 Å². The van der Waals surface area contributed by atoms with E-state index in [9.17, 15) is 5.11 Å². The number of hydrogen-bond donors (Lipinski definition) is 1. The van der Waals surface area contributed by atoms with Gasteiger partial charge in [-0.2, -0.15) is 0 Å². The molecule has 0 aliphatic carbocycles. The van der Waals surface area contributed by atoms with Crippen LogP contribution >= 0.6 is 0 Å². The number of nitrogens with zero attached hydrogens (tertiary/aromatic N) is 2. The van der Waals surface area contributed by atoms with E-state index < -0.39 is 6.10 Å². The van der Waals surface area contributed by atoms with Crippen molar-refractivity contribution >= 4 is 0 Å². The molecule has 1 heterocycles. The second-order valence-corrected chi connectivity index (χ2v) is 5.69. The molecule has 4 nitrogen and oxygen atoms in total. The van der Waals surface area contributed by atoms with Crippen molar-refractivity contribution in [3.05, 3.63) is 29.3 Å². The quantitative estimate of drug-likeness (QED) is 0.889. The normalized spacial score (nSPS) is 19.0. The maximum Gasteiger partial charge on any atom is 0.122 e. The fourth-order valence-electron chi connectivity index (χ4n) is 2.45. The summed E-state index contributed by atoms with van der Waals surface area (Å²) in [6, 6.07) is 5.89. The lowest BCUT2D eigenvalue weighted by molar-refractivity contribution is 0.133. The molecular weight excluding hydrogens is 252 g/mol. The van der Waals surface area contributed by atoms with E-state index >= 15 is 0 Å². The Kier molecular flexibility index (Phi) is 5.40. The molecule has 1 atom stereocenters. The van der Waals surface area contributed by atoms with Gasteiger partial charge in [0.15, 0.2) is 0 Å². The second kappa shape index (κ2) is 7.07. The highest BCUT2D eigenvalue weighted by molar-refractivity contribution is 5.36. The fourth-order valence-corrected chi connectivity index (χ4v) is 2.45. The van der Waals surface area contributed by atoms with Gasteiger partial charge in [0, 0.05) is 32.7 Å². The lowest BCUT2D eigenvalue weighted by atomic mass is 10.1. The summed E-state index contributed by atoms with van der Waals surface area (Å²) in [5.74, 6) is 0.920. The van der Waals surface area contributed by atoms with Gasteiger partial charge in [0.1, 0.15) is 12.4 Å². The molecule has 2 rings (SSSR count). The molecule has 0 spiro atoms. The van der Waals surface area contributed by atoms with E-state index in [0.717, 1.165) is 56.2 Å². The molecule has 20 heavy (non-hydrogen) atoms. The standard InChI is InChI=1S/C16H26N2O2/c1-13-12-15(14(2)19)4-5-16(13)20-11-10-18-8-6-17(3)7-9-18/h4-5,12,14,19H,6-11H2,1-3H3/t14-/m0/s1. The highest BCUT2D eigenvalue weighted by Crippen LogP contribution is 2.22. The van der Waals surface area contributed by atoms with Gasteiger partial charge < -0.3 is 14.7 Å². The van der Waals surface area contributed by atoms with Gasteiger partial charge in [-0.1, -0.05) is 6.07 Å². The lowest BCUT2D eigenvalue weighted by Crippen LogP contribution is -2.45. The molecule has 0 amide bonds. The summed E-state index contributed by atoms with van der Waals surface area (Å²) in [4.78, 5) is 4.80. The summed E-state index contributed by atoms with van der Waals surface area (Å²) in [6.07, 6.45) is -0.423. The highest BCUT2D eigenvalue weighted by atomic mass is 16.5. The van der Waals surface area contributed by atoms with Gasteiger partial charge >= 0.3 is 0 Å². The van der Waals surface area contributed by atoms with Crippen molar-refractivity contribution in [2.45, 2.75) is 20.0 Å². The number of benzene rings is 1. The van der Waals surface area contributed by atoms with Crippen molar-refractivity contribution in [1.29, 1.82) is 0 Å². The molecule has 1 aromatic carbocycles. The predicted octanol–water partition coefficient (Wildman–Crippen LogP) is 1.67. The Labute approximate surface area is 122 Å². The minimum atomic E-state index is -0.423. The number of piperazine rings is 1. The van der Waals surface area contributed by atoms with Crippen molar-refractivity contribution in [3.63, 3.8) is 0 Å². The number of aliphatic hydroxyl groups excluding tert-OH is 1. The van der Waals surface area contributed by atoms with Crippen LogP contribution in [0.5, 0.6) is 5.75 Å². The molecule has 1 aromatic rings. The number of hydrogen-bond acceptors (Lipinski definition) is 4. The molecule has 1 fully saturated rings. The van der Waals surface area contributed by atoms with E-state index in [1.54, 1.807) is 6.92 Å². The first-order valence-electron chi connectivity index (χ1n) is 7.38. The van der Waals surface area contributed by atoms with E-state index in [1.807, 2.05) is 25.1 Å². The summed E-state index contributed by atoms with van der Waals surface area (Å²) in [6.45, 7) is 10.0. The van der Waals surface area contributed by atoms with Gasteiger partial charge in [-0.05, 0) is 44.2 Å². The average Bonchev–Trinajstić information content (AvgIpc) is 2.42. The molecule has 0 radical (unpaired) electrons. The average molecular weight is 278 g/mol. The Hall–Kier alpha value is -1.10. The molecule has 1 aliphatic rings. The fraction of sp³-hybridized carbons (Fsp3) is 0.625. The molecule has 112 valence electrons. The first-order valence-corrected chi connectivity index (χ1v) is 7.38. The van der Waals surface area contributed by atoms with Crippen LogP contribution in [0.3, 0.4) is 0 Å². The van der Waals surface area contributed by atoms with Crippen LogP contribution in [-0.4, -0.2) is 61.3 Å². The van der Waals surface area contributed by atoms with Gasteiger partial charge in [0.05, 0.1) is 6.10 Å². The van der Waals surface area contributed by atoms with E-state index in [1.165, 1.54) is 0 Å². The maximum absolute atomic E-state index is 9.56. The number of rotatable bonds is 5. The Morgan fingerprint density at radius 1 is 1.25 bits per heavy atom. The van der Waals surface area contributed by atoms with Crippen LogP contribution in [0.2, 0.25) is 0 Å². The first-order chi connectivity index (χ1) is 9.56. The van der Waals surface area contributed by atoms with Crippen molar-refractivity contribution in [2.75, 3.05) is 46.4 Å². The summed E-state index contributed by atoms with van der Waals surface area (Å²) in [7, 11) is 2.17. The Morgan fingerprint density at radius 3 is 2.55 bits per heavy atom. The molecule has 1 saturated heterocycles. The highest BCUT2D eigenvalue weighted by Gasteiger charge is 2.13. The Morgan fingerprint density at radius 2 is 1.95 bits per heavy atom. The summed E-state index contributed by atoms with van der Waals surface area (Å²) < 4.78 is 5.86. The maximum atomic E-state index is 9.56. The van der Waals surface area contributed by atoms with Crippen molar-refractivity contribution in [2.24, 2.45) is 0 Å². The number of ether oxygens (including phenoxy) is 1. The van der Waals surface area contributed by atoms with Crippen LogP contribution in [0, 0.1) is 6.92 Å². The number of aliphatic hydroxyl groups is 1. The third kappa shape index (κ3) is 4.20. The third-order valence-electron chi connectivity index (χ3n) is 3.94. The molecule has 1 aliphatic heterocycles. The minimum Gasteiger partial charge on any atom is -0.492 e. The van der Waals surface area contributed by atoms with Gasteiger partial charge in [-0.15, -0.1) is 0 Å². The van der Waals surface area contributed by atoms with Crippen LogP contribution in [-0.2, 0) is 0 Å². The molecule has 0 saturated carbocycles. The van der Waals surface area contributed by atoms with Crippen LogP contribution < -0.4 is 4.74 Å². The molecule has 4 heteroatoms. The molecule has 1 N–H and O–H groups in total. The number of likely N-dealkylation sites (N-methyl/N-ethyl adjacent to an activating group) is 1. The monoisotopic (exact) mass is 278 g/mol. The molecule has 0 unspecified atom stereocenters. The SMILES string of the molecule is Cc1cc([C@H](C)O)ccc1OCCN1CCN(C)CC1. The molecule has 0 aromatic heterocycles. The van der Waals surface area contributed by atoms with Gasteiger partial charge in [-0.25, -0.2) is 0 Å². The zero-order valence-corrected chi connectivity index (χ0v) is 12.8. The van der Waals surface area contributed by atoms with Gasteiger partial charge in [0.25, 0.3) is 0 Å². The molecular formula is C16H26N2O2. The van der Waals surface area contributed by atoms with Crippen LogP contribution in [0.15, 0.2) is 18.2 Å². The summed E-state index contributed by atoms with van der Waals surface area (Å²) in [5, 5.41) is 9.56. The third-order valence-corrected chi connectivity index (χ3v) is 3.94. The smallest absolute Gasteiger partial charge is 0.122 e. The number of aryl methyl sites for hydroxylation is 1. The van der Waals surface area contributed by atoms with Gasteiger partial charge in [0.2, 0.25) is 0 Å². The molecule has 0 bridgehead atoms. The Balaban J connectivity index is 1.79. The van der Waals surface area contributed by atoms with E-state index in [4.69, 9.17) is 4.74 Å². The minimum absolute atomic E-state index is 0.423. The van der Waals surface area contributed by atoms with Crippen LogP contribution in [0.4, 0.5) is 0 Å². The zero-order chi connectivity index (χ0) is 14.5. The van der Waals surface area contributed by atoms with Crippen molar-refractivity contribution < 1.29 is 9.84 Å². The van der Waals surface area contributed by atoms with Gasteiger partial charge in [-0.3, -0.25) is 4.90 Å². The van der Waals surface area contributed by atoms with E-state index in [2.05, 4.69) is 16.8 Å². The summed E-state index contributed by atoms with van der Waals surface area (Å²) >= 11 is 0. The predicted molar refractivity (Wildman–Crippen MR) is 81.2 cm³/mol. The zero-order valence-electron chi connectivity index (χ0n) is 12.8. The first kappa shape index (κ1) is 15.3. The van der Waals surface area contributed by atoms with Crippen LogP contribution in [0.25, 0.3) is 0 Å². The van der Waals surface area contributed by atoms with E-state index in [-0.39, 0.29) is 0 Å². The van der Waals surface area contributed by atoms with Crippen molar-refractivity contribution in [3.8, 4) is 5.75 Å². The van der Waals surface area contributed by atoms with Crippen LogP contribution in [0.1, 0.15) is 24.2 Å². The summed E-state index contributed by atoms with van der Waals surface area (Å²) in [5.41, 5.74) is 2.02. The second-order valence-electron chi connectivity index (χ2n) is 5.69. The Bertz CT molecular complexity index is 426.